The Labute approximate surface area is 115 Å². The van der Waals surface area contributed by atoms with Gasteiger partial charge in [-0.15, -0.1) is 0 Å². The third kappa shape index (κ3) is 1.43. The number of benzene rings is 1. The Morgan fingerprint density at radius 2 is 2.11 bits per heavy atom. The average Bonchev–Trinajstić information content (AvgIpc) is 2.55. The van der Waals surface area contributed by atoms with Gasteiger partial charge in [0.2, 0.25) is 0 Å². The molecule has 0 bridgehead atoms. The topological polar surface area (TPSA) is 37.3 Å². The van der Waals surface area contributed by atoms with Crippen LogP contribution in [0.4, 0.5) is 0 Å². The number of phenolic OH excluding ortho intramolecular Hbond substituents is 1. The highest BCUT2D eigenvalue weighted by molar-refractivity contribution is 9.10. The minimum Gasteiger partial charge on any atom is -0.507 e. The van der Waals surface area contributed by atoms with E-state index in [0.717, 1.165) is 34.0 Å². The van der Waals surface area contributed by atoms with Gasteiger partial charge in [0, 0.05) is 11.8 Å². The summed E-state index contributed by atoms with van der Waals surface area (Å²) in [5.41, 5.74) is 4.35. The second kappa shape index (κ2) is 3.70. The molecular formula is C15H15BrO2. The van der Waals surface area contributed by atoms with Gasteiger partial charge in [-0.25, -0.2) is 0 Å². The number of phenols is 1. The van der Waals surface area contributed by atoms with Gasteiger partial charge in [-0.1, -0.05) is 13.0 Å². The van der Waals surface area contributed by atoms with Gasteiger partial charge < -0.3 is 5.11 Å². The number of rotatable bonds is 0. The minimum absolute atomic E-state index is 0.00935. The fourth-order valence-electron chi connectivity index (χ4n) is 3.40. The molecule has 0 aliphatic heterocycles. The first-order chi connectivity index (χ1) is 8.44. The molecule has 3 heteroatoms. The molecule has 94 valence electrons. The third-order valence-electron chi connectivity index (χ3n) is 4.37. The van der Waals surface area contributed by atoms with E-state index >= 15 is 0 Å². The average molecular weight is 307 g/mol. The Morgan fingerprint density at radius 3 is 2.83 bits per heavy atom. The summed E-state index contributed by atoms with van der Waals surface area (Å²) >= 11 is 3.46. The van der Waals surface area contributed by atoms with Crippen molar-refractivity contribution in [3.8, 4) is 5.75 Å². The van der Waals surface area contributed by atoms with E-state index in [0.29, 0.717) is 6.42 Å². The number of halogens is 1. The Bertz CT molecular complexity index is 601. The molecule has 1 N–H and O–H groups in total. The first-order valence-corrected chi connectivity index (χ1v) is 6.98. The first-order valence-electron chi connectivity index (χ1n) is 6.19. The lowest BCUT2D eigenvalue weighted by Crippen LogP contribution is -2.22. The quantitative estimate of drug-likeness (QED) is 0.790. The van der Waals surface area contributed by atoms with Crippen LogP contribution < -0.4 is 0 Å². The maximum absolute atomic E-state index is 12.0. The Kier molecular flexibility index (Phi) is 2.46. The van der Waals surface area contributed by atoms with Crippen molar-refractivity contribution < 1.29 is 9.90 Å². The molecule has 1 atom stereocenters. The first kappa shape index (κ1) is 12.0. The number of carbonyl (C=O) groups is 1. The van der Waals surface area contributed by atoms with Crippen LogP contribution in [-0.4, -0.2) is 10.9 Å². The molecule has 0 saturated heterocycles. The van der Waals surface area contributed by atoms with Crippen molar-refractivity contribution in [3.05, 3.63) is 33.3 Å². The largest absolute Gasteiger partial charge is 0.507 e. The van der Waals surface area contributed by atoms with Crippen LogP contribution in [0.15, 0.2) is 22.2 Å². The zero-order valence-electron chi connectivity index (χ0n) is 10.5. The van der Waals surface area contributed by atoms with Gasteiger partial charge in [0.1, 0.15) is 5.75 Å². The highest BCUT2D eigenvalue weighted by Gasteiger charge is 2.44. The number of hydrogen-bond acceptors (Lipinski definition) is 2. The van der Waals surface area contributed by atoms with Crippen LogP contribution in [-0.2, 0) is 11.2 Å². The number of carbonyl (C=O) groups excluding carboxylic acids is 1. The summed E-state index contributed by atoms with van der Waals surface area (Å²) in [5, 5.41) is 9.77. The molecule has 1 aromatic carbocycles. The molecule has 0 heterocycles. The minimum atomic E-state index is -0.00935. The standard InChI is InChI=1S/C15H15BrO2/c1-8-12(18)7-15(2)6-5-10-9(13(8)15)3-4-11(17)14(10)16/h3-4,17H,5-7H2,1-2H3. The maximum atomic E-state index is 12.0. The summed E-state index contributed by atoms with van der Waals surface area (Å²) in [4.78, 5) is 12.0. The van der Waals surface area contributed by atoms with E-state index < -0.39 is 0 Å². The van der Waals surface area contributed by atoms with E-state index in [1.165, 1.54) is 5.57 Å². The number of aromatic hydroxyl groups is 1. The SMILES string of the molecule is CC1=C2c3ccc(O)c(Br)c3CCC2(C)CC1=O. The van der Waals surface area contributed by atoms with Gasteiger partial charge in [-0.2, -0.15) is 0 Å². The number of Topliss-reactive ketones (excluding diaryl/α,β-unsaturated/α-hetero) is 1. The summed E-state index contributed by atoms with van der Waals surface area (Å²) in [5.74, 6) is 0.546. The summed E-state index contributed by atoms with van der Waals surface area (Å²) in [6.07, 6.45) is 2.51. The zero-order valence-corrected chi connectivity index (χ0v) is 12.1. The highest BCUT2D eigenvalue weighted by Crippen LogP contribution is 2.54. The van der Waals surface area contributed by atoms with Crippen molar-refractivity contribution in [1.29, 1.82) is 0 Å². The van der Waals surface area contributed by atoms with Gasteiger partial charge in [0.25, 0.3) is 0 Å². The molecule has 2 nitrogen and oxygen atoms in total. The summed E-state index contributed by atoms with van der Waals surface area (Å²) in [6.45, 7) is 4.11. The van der Waals surface area contributed by atoms with Gasteiger partial charge >= 0.3 is 0 Å². The molecule has 0 radical (unpaired) electrons. The van der Waals surface area contributed by atoms with Crippen LogP contribution in [0.5, 0.6) is 5.75 Å². The fourth-order valence-corrected chi connectivity index (χ4v) is 3.94. The van der Waals surface area contributed by atoms with Crippen LogP contribution in [0.2, 0.25) is 0 Å². The molecular weight excluding hydrogens is 292 g/mol. The molecule has 2 aliphatic rings. The summed E-state index contributed by atoms with van der Waals surface area (Å²) in [7, 11) is 0. The van der Waals surface area contributed by atoms with Crippen LogP contribution >= 0.6 is 15.9 Å². The van der Waals surface area contributed by atoms with Crippen molar-refractivity contribution in [3.63, 3.8) is 0 Å². The van der Waals surface area contributed by atoms with Crippen molar-refractivity contribution in [2.24, 2.45) is 5.41 Å². The van der Waals surface area contributed by atoms with Crippen molar-refractivity contribution in [1.82, 2.24) is 0 Å². The number of hydrogen-bond donors (Lipinski definition) is 1. The lowest BCUT2D eigenvalue weighted by molar-refractivity contribution is -0.116. The molecule has 2 aliphatic carbocycles. The second-order valence-corrected chi connectivity index (χ2v) is 6.38. The van der Waals surface area contributed by atoms with E-state index in [1.807, 2.05) is 13.0 Å². The van der Waals surface area contributed by atoms with Crippen molar-refractivity contribution in [2.45, 2.75) is 33.1 Å². The van der Waals surface area contributed by atoms with Gasteiger partial charge in [-0.05, 0) is 64.0 Å². The van der Waals surface area contributed by atoms with E-state index in [9.17, 15) is 9.90 Å². The number of fused-ring (bicyclic) bond motifs is 3. The van der Waals surface area contributed by atoms with Crippen molar-refractivity contribution in [2.75, 3.05) is 0 Å². The van der Waals surface area contributed by atoms with Crippen LogP contribution in [0.25, 0.3) is 5.57 Å². The van der Waals surface area contributed by atoms with Crippen LogP contribution in [0, 0.1) is 5.41 Å². The van der Waals surface area contributed by atoms with Crippen LogP contribution in [0.1, 0.15) is 37.8 Å². The molecule has 1 aromatic rings. The Hall–Kier alpha value is -1.09. The number of ketones is 1. The molecule has 0 aromatic heterocycles. The lowest BCUT2D eigenvalue weighted by Gasteiger charge is -2.34. The fraction of sp³-hybridized carbons (Fsp3) is 0.400. The lowest BCUT2D eigenvalue weighted by atomic mass is 9.70. The smallest absolute Gasteiger partial charge is 0.159 e. The maximum Gasteiger partial charge on any atom is 0.159 e. The molecule has 0 fully saturated rings. The predicted octanol–water partition coefficient (Wildman–Crippen LogP) is 3.85. The molecule has 0 saturated carbocycles. The normalized spacial score (nSPS) is 26.3. The van der Waals surface area contributed by atoms with Gasteiger partial charge in [0.05, 0.1) is 4.47 Å². The molecule has 3 rings (SSSR count). The van der Waals surface area contributed by atoms with Gasteiger partial charge in [-0.3, -0.25) is 4.79 Å². The van der Waals surface area contributed by atoms with E-state index in [4.69, 9.17) is 0 Å². The van der Waals surface area contributed by atoms with E-state index in [2.05, 4.69) is 22.9 Å². The number of allylic oxidation sites excluding steroid dienone is 2. The monoisotopic (exact) mass is 306 g/mol. The second-order valence-electron chi connectivity index (χ2n) is 5.59. The van der Waals surface area contributed by atoms with Gasteiger partial charge in [0.15, 0.2) is 5.78 Å². The molecule has 0 spiro atoms. The Balaban J connectivity index is 2.30. The summed E-state index contributed by atoms with van der Waals surface area (Å²) < 4.78 is 0.779. The predicted molar refractivity (Wildman–Crippen MR) is 74.5 cm³/mol. The Morgan fingerprint density at radius 1 is 1.39 bits per heavy atom. The van der Waals surface area contributed by atoms with Crippen molar-refractivity contribution >= 4 is 27.3 Å². The van der Waals surface area contributed by atoms with E-state index in [-0.39, 0.29) is 16.9 Å². The van der Waals surface area contributed by atoms with E-state index in [1.54, 1.807) is 6.07 Å². The van der Waals surface area contributed by atoms with Crippen LogP contribution in [0.3, 0.4) is 0 Å². The zero-order chi connectivity index (χ0) is 13.1. The highest BCUT2D eigenvalue weighted by atomic mass is 79.9. The molecule has 1 unspecified atom stereocenters. The molecule has 18 heavy (non-hydrogen) atoms. The molecule has 0 amide bonds. The summed E-state index contributed by atoms with van der Waals surface area (Å²) in [6, 6.07) is 3.65. The third-order valence-corrected chi connectivity index (χ3v) is 5.25.